The van der Waals surface area contributed by atoms with Crippen LogP contribution in [0, 0.1) is 26.6 Å². The fourth-order valence-electron chi connectivity index (χ4n) is 4.97. The number of esters is 3. The Morgan fingerprint density at radius 2 is 1.39 bits per heavy atom. The van der Waals surface area contributed by atoms with Crippen molar-refractivity contribution in [3.63, 3.8) is 0 Å². The van der Waals surface area contributed by atoms with Crippen molar-refractivity contribution in [3.05, 3.63) is 74.9 Å². The van der Waals surface area contributed by atoms with Crippen molar-refractivity contribution in [2.24, 2.45) is 0 Å². The van der Waals surface area contributed by atoms with Gasteiger partial charge in [0, 0.05) is 48.9 Å². The SMILES string of the molecule is CCc1cc2c(-c3ccc(OC(C)=O)cc3F)c(-c3cc(C)c(OC(C)=O)c(C)c3)c(=O)oc2c(C)c1OC(C)=O. The Hall–Kier alpha value is -4.79. The van der Waals surface area contributed by atoms with Crippen LogP contribution in [-0.4, -0.2) is 17.9 Å². The van der Waals surface area contributed by atoms with Gasteiger partial charge in [-0.05, 0) is 79.8 Å². The number of hydrogen-bond donors (Lipinski definition) is 0. The number of carbonyl (C=O) groups excluding carboxylic acids is 3. The van der Waals surface area contributed by atoms with Crippen LogP contribution in [0.4, 0.5) is 4.39 Å². The Morgan fingerprint density at radius 1 is 0.805 bits per heavy atom. The van der Waals surface area contributed by atoms with Crippen LogP contribution < -0.4 is 19.8 Å². The van der Waals surface area contributed by atoms with E-state index in [0.29, 0.717) is 45.4 Å². The maximum Gasteiger partial charge on any atom is 0.344 e. The molecule has 0 bridgehead atoms. The first kappa shape index (κ1) is 29.2. The number of ether oxygens (including phenoxy) is 3. The van der Waals surface area contributed by atoms with Gasteiger partial charge in [0.2, 0.25) is 0 Å². The molecule has 0 N–H and O–H groups in total. The van der Waals surface area contributed by atoms with Crippen molar-refractivity contribution in [2.75, 3.05) is 0 Å². The molecule has 0 spiro atoms. The van der Waals surface area contributed by atoms with E-state index in [2.05, 4.69) is 0 Å². The number of carbonyl (C=O) groups is 3. The maximum absolute atomic E-state index is 15.8. The lowest BCUT2D eigenvalue weighted by Gasteiger charge is -2.19. The summed E-state index contributed by atoms with van der Waals surface area (Å²) in [5.41, 5.74) is 2.43. The second-order valence-corrected chi connectivity index (χ2v) is 9.72. The number of aryl methyl sites for hydroxylation is 4. The normalized spacial score (nSPS) is 10.9. The summed E-state index contributed by atoms with van der Waals surface area (Å²) in [5, 5.41) is 0.420. The Balaban J connectivity index is 2.15. The van der Waals surface area contributed by atoms with E-state index in [-0.39, 0.29) is 33.8 Å². The minimum absolute atomic E-state index is 0.00701. The minimum atomic E-state index is -0.754. The van der Waals surface area contributed by atoms with Crippen molar-refractivity contribution in [1.82, 2.24) is 0 Å². The van der Waals surface area contributed by atoms with Crippen molar-refractivity contribution in [2.45, 2.75) is 54.9 Å². The zero-order chi connectivity index (χ0) is 30.2. The van der Waals surface area contributed by atoms with E-state index in [0.717, 1.165) is 6.07 Å². The molecule has 0 aliphatic rings. The van der Waals surface area contributed by atoms with Crippen molar-refractivity contribution >= 4 is 28.9 Å². The number of benzene rings is 3. The van der Waals surface area contributed by atoms with Gasteiger partial charge in [-0.25, -0.2) is 9.18 Å². The monoisotopic (exact) mass is 560 g/mol. The van der Waals surface area contributed by atoms with E-state index in [1.807, 2.05) is 6.92 Å². The molecule has 8 nitrogen and oxygen atoms in total. The van der Waals surface area contributed by atoms with E-state index in [9.17, 15) is 19.2 Å². The van der Waals surface area contributed by atoms with Crippen LogP contribution in [0.3, 0.4) is 0 Å². The molecule has 0 unspecified atom stereocenters. The van der Waals surface area contributed by atoms with E-state index < -0.39 is 29.4 Å². The molecule has 0 radical (unpaired) electrons. The molecule has 1 heterocycles. The van der Waals surface area contributed by atoms with Gasteiger partial charge in [0.15, 0.2) is 0 Å². The number of halogens is 1. The summed E-state index contributed by atoms with van der Waals surface area (Å²) in [6.07, 6.45) is 0.469. The second-order valence-electron chi connectivity index (χ2n) is 9.72. The van der Waals surface area contributed by atoms with Gasteiger partial charge in [0.25, 0.3) is 0 Å². The van der Waals surface area contributed by atoms with Crippen LogP contribution in [0.15, 0.2) is 45.6 Å². The summed E-state index contributed by atoms with van der Waals surface area (Å²) in [6, 6.07) is 8.98. The third-order valence-corrected chi connectivity index (χ3v) is 6.55. The molecule has 1 aromatic heterocycles. The molecule has 0 atom stereocenters. The average molecular weight is 561 g/mol. The molecule has 9 heteroatoms. The van der Waals surface area contributed by atoms with Crippen LogP contribution >= 0.6 is 0 Å². The Kier molecular flexibility index (Phi) is 8.10. The third kappa shape index (κ3) is 5.75. The van der Waals surface area contributed by atoms with Gasteiger partial charge in [-0.3, -0.25) is 14.4 Å². The lowest BCUT2D eigenvalue weighted by atomic mass is 9.89. The zero-order valence-electron chi connectivity index (χ0n) is 23.8. The lowest BCUT2D eigenvalue weighted by molar-refractivity contribution is -0.132. The van der Waals surface area contributed by atoms with Crippen LogP contribution in [0.5, 0.6) is 17.2 Å². The molecule has 212 valence electrons. The Bertz CT molecular complexity index is 1780. The first-order valence-electron chi connectivity index (χ1n) is 12.9. The second kappa shape index (κ2) is 11.4. The molecule has 4 aromatic rings. The van der Waals surface area contributed by atoms with Gasteiger partial charge in [0.05, 0.1) is 5.56 Å². The van der Waals surface area contributed by atoms with Gasteiger partial charge in [-0.2, -0.15) is 0 Å². The molecule has 41 heavy (non-hydrogen) atoms. The highest BCUT2D eigenvalue weighted by Crippen LogP contribution is 2.43. The molecule has 0 fully saturated rings. The smallest absolute Gasteiger partial charge is 0.344 e. The van der Waals surface area contributed by atoms with E-state index in [1.54, 1.807) is 39.0 Å². The summed E-state index contributed by atoms with van der Waals surface area (Å²) < 4.78 is 37.5. The van der Waals surface area contributed by atoms with Crippen molar-refractivity contribution < 1.29 is 37.4 Å². The van der Waals surface area contributed by atoms with E-state index >= 15 is 4.39 Å². The van der Waals surface area contributed by atoms with Crippen molar-refractivity contribution in [1.29, 1.82) is 0 Å². The van der Waals surface area contributed by atoms with Crippen LogP contribution in [-0.2, 0) is 20.8 Å². The lowest BCUT2D eigenvalue weighted by Crippen LogP contribution is -2.11. The predicted octanol–water partition coefficient (Wildman–Crippen LogP) is 6.53. The maximum atomic E-state index is 15.8. The molecule has 4 rings (SSSR count). The summed E-state index contributed by atoms with van der Waals surface area (Å²) in [7, 11) is 0. The number of rotatable bonds is 6. The predicted molar refractivity (Wildman–Crippen MR) is 151 cm³/mol. The quantitative estimate of drug-likeness (QED) is 0.149. The summed E-state index contributed by atoms with van der Waals surface area (Å²) in [6.45, 7) is 10.8. The molecule has 0 aliphatic heterocycles. The molecule has 0 aliphatic carbocycles. The summed E-state index contributed by atoms with van der Waals surface area (Å²) in [5.74, 6) is -1.72. The highest BCUT2D eigenvalue weighted by molar-refractivity contribution is 6.03. The number of fused-ring (bicyclic) bond motifs is 1. The van der Waals surface area contributed by atoms with Gasteiger partial charge >= 0.3 is 23.5 Å². The largest absolute Gasteiger partial charge is 0.427 e. The van der Waals surface area contributed by atoms with Crippen LogP contribution in [0.25, 0.3) is 33.2 Å². The van der Waals surface area contributed by atoms with Gasteiger partial charge in [-0.15, -0.1) is 0 Å². The Morgan fingerprint density at radius 3 is 1.93 bits per heavy atom. The highest BCUT2D eigenvalue weighted by atomic mass is 19.1. The minimum Gasteiger partial charge on any atom is -0.427 e. The number of hydrogen-bond acceptors (Lipinski definition) is 8. The van der Waals surface area contributed by atoms with Gasteiger partial charge in [-0.1, -0.05) is 6.92 Å². The standard InChI is InChI=1S/C32H29FO8/c1-8-21-13-25-28(24-10-9-23(14-26(24)33)38-18(5)34)27(22-11-15(2)29(16(3)12-22)39-19(6)35)32(37)41-31(25)17(4)30(21)40-20(7)36/h9-14H,8H2,1-7H3. The summed E-state index contributed by atoms with van der Waals surface area (Å²) >= 11 is 0. The molecule has 3 aromatic carbocycles. The average Bonchev–Trinajstić information content (AvgIpc) is 2.87. The highest BCUT2D eigenvalue weighted by Gasteiger charge is 2.26. The molecular formula is C32H29FO8. The molecule has 0 saturated carbocycles. The van der Waals surface area contributed by atoms with Crippen LogP contribution in [0.1, 0.15) is 49.9 Å². The van der Waals surface area contributed by atoms with E-state index in [4.69, 9.17) is 18.6 Å². The first-order valence-corrected chi connectivity index (χ1v) is 12.9. The zero-order valence-corrected chi connectivity index (χ0v) is 23.8. The van der Waals surface area contributed by atoms with Gasteiger partial charge in [0.1, 0.15) is 28.6 Å². The van der Waals surface area contributed by atoms with Crippen molar-refractivity contribution in [3.8, 4) is 39.5 Å². The summed E-state index contributed by atoms with van der Waals surface area (Å²) in [4.78, 5) is 48.7. The molecule has 0 amide bonds. The molecule has 0 saturated heterocycles. The fraction of sp³-hybridized carbons (Fsp3) is 0.250. The fourth-order valence-corrected chi connectivity index (χ4v) is 4.97. The van der Waals surface area contributed by atoms with E-state index in [1.165, 1.54) is 32.9 Å². The third-order valence-electron chi connectivity index (χ3n) is 6.55. The van der Waals surface area contributed by atoms with Gasteiger partial charge < -0.3 is 18.6 Å². The Labute approximate surface area is 235 Å². The molecular weight excluding hydrogens is 531 g/mol. The van der Waals surface area contributed by atoms with Crippen LogP contribution in [0.2, 0.25) is 0 Å². The first-order chi connectivity index (χ1) is 19.3. The topological polar surface area (TPSA) is 109 Å².